The maximum Gasteiger partial charge on any atom is 0.0430 e. The highest BCUT2D eigenvalue weighted by Gasteiger charge is 2.18. The minimum Gasteiger partial charge on any atom is -0.365 e. The van der Waals surface area contributed by atoms with Crippen LogP contribution in [0.3, 0.4) is 0 Å². The minimum absolute atomic E-state index is 0.503. The van der Waals surface area contributed by atoms with Crippen molar-refractivity contribution in [3.05, 3.63) is 59.7 Å². The molecule has 1 atom stereocenters. The largest absolute Gasteiger partial charge is 0.365 e. The SMILES string of the molecule is CSc1ccc(CN2CC(C)NCc3ccccc32)cc1. The molecule has 2 aromatic rings. The van der Waals surface area contributed by atoms with Crippen molar-refractivity contribution < 1.29 is 0 Å². The second-order valence-corrected chi connectivity index (χ2v) is 6.52. The van der Waals surface area contributed by atoms with Gasteiger partial charge in [0.1, 0.15) is 0 Å². The van der Waals surface area contributed by atoms with E-state index in [9.17, 15) is 0 Å². The number of thioether (sulfide) groups is 1. The fourth-order valence-corrected chi connectivity index (χ4v) is 3.26. The molecular formula is C18H22N2S. The molecule has 0 saturated heterocycles. The van der Waals surface area contributed by atoms with Crippen molar-refractivity contribution in [2.75, 3.05) is 17.7 Å². The Morgan fingerprint density at radius 1 is 1.14 bits per heavy atom. The van der Waals surface area contributed by atoms with Gasteiger partial charge in [-0.05, 0) is 42.5 Å². The van der Waals surface area contributed by atoms with Crippen LogP contribution in [-0.2, 0) is 13.1 Å². The maximum atomic E-state index is 3.59. The molecule has 3 heteroatoms. The number of anilines is 1. The molecule has 21 heavy (non-hydrogen) atoms. The van der Waals surface area contributed by atoms with Crippen LogP contribution in [-0.4, -0.2) is 18.8 Å². The Hall–Kier alpha value is -1.45. The van der Waals surface area contributed by atoms with Crippen molar-refractivity contribution in [1.29, 1.82) is 0 Å². The second-order valence-electron chi connectivity index (χ2n) is 5.64. The molecule has 110 valence electrons. The van der Waals surface area contributed by atoms with Crippen LogP contribution in [0.5, 0.6) is 0 Å². The highest BCUT2D eigenvalue weighted by atomic mass is 32.2. The second kappa shape index (κ2) is 6.54. The lowest BCUT2D eigenvalue weighted by atomic mass is 10.1. The minimum atomic E-state index is 0.503. The summed E-state index contributed by atoms with van der Waals surface area (Å²) in [5.41, 5.74) is 4.13. The predicted molar refractivity (Wildman–Crippen MR) is 92.0 cm³/mol. The summed E-state index contributed by atoms with van der Waals surface area (Å²) in [7, 11) is 0. The van der Waals surface area contributed by atoms with Gasteiger partial charge in [-0.25, -0.2) is 0 Å². The first-order chi connectivity index (χ1) is 10.3. The Morgan fingerprint density at radius 2 is 1.90 bits per heavy atom. The molecule has 0 radical (unpaired) electrons. The van der Waals surface area contributed by atoms with E-state index in [1.165, 1.54) is 21.7 Å². The average Bonchev–Trinajstić information content (AvgIpc) is 2.68. The first kappa shape index (κ1) is 14.5. The quantitative estimate of drug-likeness (QED) is 0.865. The third kappa shape index (κ3) is 3.42. The van der Waals surface area contributed by atoms with Crippen LogP contribution < -0.4 is 10.2 Å². The van der Waals surface area contributed by atoms with Gasteiger partial charge in [0.05, 0.1) is 0 Å². The number of para-hydroxylation sites is 1. The zero-order valence-electron chi connectivity index (χ0n) is 12.7. The number of nitrogens with one attached hydrogen (secondary N) is 1. The van der Waals surface area contributed by atoms with Gasteiger partial charge >= 0.3 is 0 Å². The lowest BCUT2D eigenvalue weighted by molar-refractivity contribution is 0.552. The number of nitrogens with zero attached hydrogens (tertiary/aromatic N) is 1. The van der Waals surface area contributed by atoms with E-state index in [0.717, 1.165) is 19.6 Å². The zero-order chi connectivity index (χ0) is 14.7. The monoisotopic (exact) mass is 298 g/mol. The molecule has 3 rings (SSSR count). The van der Waals surface area contributed by atoms with E-state index in [2.05, 4.69) is 71.9 Å². The van der Waals surface area contributed by atoms with Crippen molar-refractivity contribution >= 4 is 17.4 Å². The van der Waals surface area contributed by atoms with E-state index < -0.39 is 0 Å². The van der Waals surface area contributed by atoms with Crippen LogP contribution in [0.2, 0.25) is 0 Å². The van der Waals surface area contributed by atoms with Crippen molar-refractivity contribution in [2.24, 2.45) is 0 Å². The summed E-state index contributed by atoms with van der Waals surface area (Å²) < 4.78 is 0. The zero-order valence-corrected chi connectivity index (χ0v) is 13.5. The summed E-state index contributed by atoms with van der Waals surface area (Å²) in [6, 6.07) is 18.2. The van der Waals surface area contributed by atoms with E-state index in [1.54, 1.807) is 11.8 Å². The molecule has 1 N–H and O–H groups in total. The Balaban J connectivity index is 1.85. The predicted octanol–water partition coefficient (Wildman–Crippen LogP) is 3.91. The normalized spacial score (nSPS) is 18.2. The van der Waals surface area contributed by atoms with Crippen LogP contribution >= 0.6 is 11.8 Å². The number of hydrogen-bond acceptors (Lipinski definition) is 3. The van der Waals surface area contributed by atoms with E-state index in [4.69, 9.17) is 0 Å². The van der Waals surface area contributed by atoms with E-state index in [-0.39, 0.29) is 0 Å². The Morgan fingerprint density at radius 3 is 2.67 bits per heavy atom. The maximum absolute atomic E-state index is 3.59. The number of fused-ring (bicyclic) bond motifs is 1. The average molecular weight is 298 g/mol. The Kier molecular flexibility index (Phi) is 4.51. The number of hydrogen-bond donors (Lipinski definition) is 1. The molecule has 0 aromatic heterocycles. The summed E-state index contributed by atoms with van der Waals surface area (Å²) in [6.45, 7) is 5.23. The van der Waals surface area contributed by atoms with Gasteiger partial charge in [0.2, 0.25) is 0 Å². The molecule has 2 aromatic carbocycles. The van der Waals surface area contributed by atoms with Gasteiger partial charge in [0.15, 0.2) is 0 Å². The van der Waals surface area contributed by atoms with Gasteiger partial charge in [0.25, 0.3) is 0 Å². The van der Waals surface area contributed by atoms with E-state index in [1.807, 2.05) is 0 Å². The molecule has 1 aliphatic rings. The van der Waals surface area contributed by atoms with Gasteiger partial charge in [-0.15, -0.1) is 11.8 Å². The molecule has 1 heterocycles. The van der Waals surface area contributed by atoms with E-state index >= 15 is 0 Å². The molecule has 0 bridgehead atoms. The first-order valence-corrected chi connectivity index (χ1v) is 8.68. The fourth-order valence-electron chi connectivity index (χ4n) is 2.85. The van der Waals surface area contributed by atoms with Crippen LogP contribution in [0.1, 0.15) is 18.1 Å². The number of benzene rings is 2. The van der Waals surface area contributed by atoms with Gasteiger partial charge < -0.3 is 10.2 Å². The molecule has 1 aliphatic heterocycles. The first-order valence-electron chi connectivity index (χ1n) is 7.45. The van der Waals surface area contributed by atoms with Gasteiger partial charge in [-0.2, -0.15) is 0 Å². The van der Waals surface area contributed by atoms with Gasteiger partial charge in [-0.1, -0.05) is 30.3 Å². The van der Waals surface area contributed by atoms with Crippen molar-refractivity contribution in [2.45, 2.75) is 31.0 Å². The standard InChI is InChI=1S/C18H22N2S/c1-14-12-20(13-15-7-9-17(21-2)10-8-15)18-6-4-3-5-16(18)11-19-14/h3-10,14,19H,11-13H2,1-2H3. The smallest absolute Gasteiger partial charge is 0.0430 e. The molecular weight excluding hydrogens is 276 g/mol. The molecule has 0 aliphatic carbocycles. The summed E-state index contributed by atoms with van der Waals surface area (Å²) in [5, 5.41) is 3.59. The summed E-state index contributed by atoms with van der Waals surface area (Å²) in [6.07, 6.45) is 2.12. The third-order valence-corrected chi connectivity index (χ3v) is 4.74. The molecule has 0 spiro atoms. The lowest BCUT2D eigenvalue weighted by Gasteiger charge is -2.26. The molecule has 0 fully saturated rings. The van der Waals surface area contributed by atoms with Crippen LogP contribution in [0.25, 0.3) is 0 Å². The van der Waals surface area contributed by atoms with Crippen LogP contribution in [0, 0.1) is 0 Å². The third-order valence-electron chi connectivity index (χ3n) is 4.00. The van der Waals surface area contributed by atoms with Gasteiger partial charge in [0, 0.05) is 36.3 Å². The van der Waals surface area contributed by atoms with Crippen LogP contribution in [0.15, 0.2) is 53.4 Å². The molecule has 0 saturated carbocycles. The van der Waals surface area contributed by atoms with Crippen molar-refractivity contribution in [1.82, 2.24) is 5.32 Å². The summed E-state index contributed by atoms with van der Waals surface area (Å²) in [5.74, 6) is 0. The van der Waals surface area contributed by atoms with Gasteiger partial charge in [-0.3, -0.25) is 0 Å². The molecule has 1 unspecified atom stereocenters. The topological polar surface area (TPSA) is 15.3 Å². The highest BCUT2D eigenvalue weighted by Crippen LogP contribution is 2.25. The Bertz CT molecular complexity index is 594. The highest BCUT2D eigenvalue weighted by molar-refractivity contribution is 7.98. The molecule has 2 nitrogen and oxygen atoms in total. The Labute approximate surface area is 131 Å². The number of rotatable bonds is 3. The summed E-state index contributed by atoms with van der Waals surface area (Å²) in [4.78, 5) is 3.82. The van der Waals surface area contributed by atoms with Crippen molar-refractivity contribution in [3.63, 3.8) is 0 Å². The van der Waals surface area contributed by atoms with Crippen molar-refractivity contribution in [3.8, 4) is 0 Å². The van der Waals surface area contributed by atoms with E-state index in [0.29, 0.717) is 6.04 Å². The fraction of sp³-hybridized carbons (Fsp3) is 0.333. The van der Waals surface area contributed by atoms with Crippen LogP contribution in [0.4, 0.5) is 5.69 Å². The summed E-state index contributed by atoms with van der Waals surface area (Å²) >= 11 is 1.79. The lowest BCUT2D eigenvalue weighted by Crippen LogP contribution is -2.35. The molecule has 0 amide bonds.